The Morgan fingerprint density at radius 1 is 1.35 bits per heavy atom. The Balaban J connectivity index is 1.91. The average molecular weight is 320 g/mol. The fraction of sp³-hybridized carbons (Fsp3) is 0.611. The van der Waals surface area contributed by atoms with Crippen molar-refractivity contribution in [3.8, 4) is 0 Å². The van der Waals surface area contributed by atoms with Gasteiger partial charge in [-0.15, -0.1) is 0 Å². The summed E-state index contributed by atoms with van der Waals surface area (Å²) in [6.45, 7) is 7.48. The molecule has 1 heterocycles. The molecule has 0 radical (unpaired) electrons. The summed E-state index contributed by atoms with van der Waals surface area (Å²) >= 11 is 0. The lowest BCUT2D eigenvalue weighted by Gasteiger charge is -2.24. The van der Waals surface area contributed by atoms with Crippen LogP contribution >= 0.6 is 0 Å². The van der Waals surface area contributed by atoms with Crippen LogP contribution in [-0.4, -0.2) is 42.5 Å². The van der Waals surface area contributed by atoms with Gasteiger partial charge >= 0.3 is 0 Å². The molecule has 1 saturated heterocycles. The number of amides is 1. The maximum absolute atomic E-state index is 12.4. The summed E-state index contributed by atoms with van der Waals surface area (Å²) in [7, 11) is 0. The first-order valence-corrected chi connectivity index (χ1v) is 8.36. The number of rotatable bonds is 7. The first-order chi connectivity index (χ1) is 11.0. The molecule has 1 aromatic carbocycles. The van der Waals surface area contributed by atoms with Crippen molar-refractivity contribution in [3.05, 3.63) is 35.4 Å². The minimum absolute atomic E-state index is 0.0246. The summed E-state index contributed by atoms with van der Waals surface area (Å²) in [5, 5.41) is 16.1. The normalized spacial score (nSPS) is 22.3. The number of hydrogen-bond donors (Lipinski definition) is 3. The standard InChI is InChI=1S/C18H28N2O3/c1-12(2)10-15(11-19-16-8-9-23-18(16)22)20-17(21)14-6-4-13(3)5-7-14/h4-7,12,15-16,18-19,22H,8-11H2,1-3H3,(H,20,21)/t15-,16+,18?/m1/s1. The van der Waals surface area contributed by atoms with E-state index in [-0.39, 0.29) is 18.0 Å². The molecule has 0 saturated carbocycles. The molecule has 5 heteroatoms. The van der Waals surface area contributed by atoms with Gasteiger partial charge in [0, 0.05) is 18.2 Å². The van der Waals surface area contributed by atoms with Crippen LogP contribution in [0.3, 0.4) is 0 Å². The monoisotopic (exact) mass is 320 g/mol. The van der Waals surface area contributed by atoms with Gasteiger partial charge in [0.1, 0.15) is 0 Å². The van der Waals surface area contributed by atoms with Gasteiger partial charge in [-0.05, 0) is 37.8 Å². The molecule has 1 aromatic rings. The van der Waals surface area contributed by atoms with Gasteiger partial charge in [-0.1, -0.05) is 31.5 Å². The van der Waals surface area contributed by atoms with Crippen LogP contribution in [0.1, 0.15) is 42.6 Å². The van der Waals surface area contributed by atoms with Crippen molar-refractivity contribution >= 4 is 5.91 Å². The van der Waals surface area contributed by atoms with Gasteiger partial charge in [-0.3, -0.25) is 4.79 Å². The molecule has 1 fully saturated rings. The molecule has 1 amide bonds. The molecule has 3 N–H and O–H groups in total. The molecular formula is C18H28N2O3. The summed E-state index contributed by atoms with van der Waals surface area (Å²) in [4.78, 5) is 12.4. The van der Waals surface area contributed by atoms with E-state index in [1.54, 1.807) is 0 Å². The van der Waals surface area contributed by atoms with E-state index in [4.69, 9.17) is 4.74 Å². The lowest BCUT2D eigenvalue weighted by molar-refractivity contribution is -0.0718. The van der Waals surface area contributed by atoms with Crippen LogP contribution in [-0.2, 0) is 4.74 Å². The molecule has 0 aromatic heterocycles. The van der Waals surface area contributed by atoms with Crippen molar-refractivity contribution in [2.45, 2.75) is 52.0 Å². The molecule has 3 atom stereocenters. The lowest BCUT2D eigenvalue weighted by atomic mass is 10.0. The van der Waals surface area contributed by atoms with Gasteiger partial charge in [0.25, 0.3) is 5.91 Å². The first-order valence-electron chi connectivity index (χ1n) is 8.36. The third-order valence-corrected chi connectivity index (χ3v) is 4.09. The second-order valence-corrected chi connectivity index (χ2v) is 6.73. The Morgan fingerprint density at radius 3 is 2.61 bits per heavy atom. The molecule has 2 rings (SSSR count). The third kappa shape index (κ3) is 5.61. The van der Waals surface area contributed by atoms with Gasteiger partial charge < -0.3 is 20.5 Å². The summed E-state index contributed by atoms with van der Waals surface area (Å²) in [6.07, 6.45) is 0.929. The zero-order valence-corrected chi connectivity index (χ0v) is 14.2. The summed E-state index contributed by atoms with van der Waals surface area (Å²) < 4.78 is 5.15. The van der Waals surface area contributed by atoms with E-state index in [1.807, 2.05) is 31.2 Å². The second kappa shape index (κ2) is 8.43. The molecule has 5 nitrogen and oxygen atoms in total. The first kappa shape index (κ1) is 17.9. The Kier molecular flexibility index (Phi) is 6.57. The number of carbonyl (C=O) groups is 1. The molecule has 1 unspecified atom stereocenters. The van der Waals surface area contributed by atoms with Crippen molar-refractivity contribution in [1.82, 2.24) is 10.6 Å². The molecule has 0 aliphatic carbocycles. The van der Waals surface area contributed by atoms with Crippen LogP contribution in [0.4, 0.5) is 0 Å². The van der Waals surface area contributed by atoms with Crippen LogP contribution in [0.5, 0.6) is 0 Å². The molecule has 1 aliphatic heterocycles. The van der Waals surface area contributed by atoms with E-state index in [0.717, 1.165) is 18.4 Å². The highest BCUT2D eigenvalue weighted by atomic mass is 16.6. The smallest absolute Gasteiger partial charge is 0.251 e. The summed E-state index contributed by atoms with van der Waals surface area (Å²) in [5.41, 5.74) is 1.81. The minimum atomic E-state index is -0.748. The SMILES string of the molecule is Cc1ccc(C(=O)N[C@@H](CN[C@H]2CCOC2O)CC(C)C)cc1. The topological polar surface area (TPSA) is 70.6 Å². The Hall–Kier alpha value is -1.43. The largest absolute Gasteiger partial charge is 0.367 e. The highest BCUT2D eigenvalue weighted by molar-refractivity contribution is 5.94. The third-order valence-electron chi connectivity index (χ3n) is 4.09. The number of hydrogen-bond acceptors (Lipinski definition) is 4. The van der Waals surface area contributed by atoms with Crippen LogP contribution in [0.2, 0.25) is 0 Å². The number of aliphatic hydroxyl groups excluding tert-OH is 1. The van der Waals surface area contributed by atoms with E-state index in [2.05, 4.69) is 24.5 Å². The molecular weight excluding hydrogens is 292 g/mol. The maximum Gasteiger partial charge on any atom is 0.251 e. The van der Waals surface area contributed by atoms with E-state index in [9.17, 15) is 9.90 Å². The van der Waals surface area contributed by atoms with Crippen LogP contribution < -0.4 is 10.6 Å². The van der Waals surface area contributed by atoms with Crippen LogP contribution in [0, 0.1) is 12.8 Å². The Bertz CT molecular complexity index is 501. The van der Waals surface area contributed by atoms with Gasteiger partial charge in [0.15, 0.2) is 6.29 Å². The fourth-order valence-electron chi connectivity index (χ4n) is 2.81. The highest BCUT2D eigenvalue weighted by Crippen LogP contribution is 2.12. The highest BCUT2D eigenvalue weighted by Gasteiger charge is 2.26. The number of nitrogens with one attached hydrogen (secondary N) is 2. The van der Waals surface area contributed by atoms with Crippen molar-refractivity contribution in [3.63, 3.8) is 0 Å². The van der Waals surface area contributed by atoms with Gasteiger partial charge in [0.05, 0.1) is 12.6 Å². The molecule has 0 bridgehead atoms. The minimum Gasteiger partial charge on any atom is -0.367 e. The zero-order chi connectivity index (χ0) is 16.8. The number of carbonyl (C=O) groups excluding carboxylic acids is 1. The lowest BCUT2D eigenvalue weighted by Crippen LogP contribution is -2.47. The molecule has 0 spiro atoms. The van der Waals surface area contributed by atoms with E-state index < -0.39 is 6.29 Å². The van der Waals surface area contributed by atoms with E-state index >= 15 is 0 Å². The van der Waals surface area contributed by atoms with Gasteiger partial charge in [-0.25, -0.2) is 0 Å². The van der Waals surface area contributed by atoms with Gasteiger partial charge in [0.2, 0.25) is 0 Å². The van der Waals surface area contributed by atoms with Crippen molar-refractivity contribution < 1.29 is 14.6 Å². The molecule has 23 heavy (non-hydrogen) atoms. The average Bonchev–Trinajstić information content (AvgIpc) is 2.90. The maximum atomic E-state index is 12.4. The van der Waals surface area contributed by atoms with E-state index in [1.165, 1.54) is 0 Å². The number of aliphatic hydroxyl groups is 1. The Morgan fingerprint density at radius 2 is 2.04 bits per heavy atom. The number of aryl methyl sites for hydroxylation is 1. The Labute approximate surface area is 138 Å². The summed E-state index contributed by atoms with van der Waals surface area (Å²) in [5.74, 6) is 0.422. The molecule has 128 valence electrons. The second-order valence-electron chi connectivity index (χ2n) is 6.73. The van der Waals surface area contributed by atoms with Crippen LogP contribution in [0.25, 0.3) is 0 Å². The van der Waals surface area contributed by atoms with E-state index in [0.29, 0.717) is 24.6 Å². The zero-order valence-electron chi connectivity index (χ0n) is 14.2. The van der Waals surface area contributed by atoms with Crippen molar-refractivity contribution in [1.29, 1.82) is 0 Å². The summed E-state index contributed by atoms with van der Waals surface area (Å²) in [6, 6.07) is 7.55. The van der Waals surface area contributed by atoms with Crippen molar-refractivity contribution in [2.75, 3.05) is 13.2 Å². The molecule has 1 aliphatic rings. The quantitative estimate of drug-likeness (QED) is 0.717. The number of benzene rings is 1. The van der Waals surface area contributed by atoms with Gasteiger partial charge in [-0.2, -0.15) is 0 Å². The number of ether oxygens (including phenoxy) is 1. The van der Waals surface area contributed by atoms with Crippen LogP contribution in [0.15, 0.2) is 24.3 Å². The predicted molar refractivity (Wildman–Crippen MR) is 90.3 cm³/mol. The fourth-order valence-corrected chi connectivity index (χ4v) is 2.81. The van der Waals surface area contributed by atoms with Crippen molar-refractivity contribution in [2.24, 2.45) is 5.92 Å². The predicted octanol–water partition coefficient (Wildman–Crippen LogP) is 1.84.